The fraction of sp³-hybridized carbons (Fsp3) is 0.158. The maximum atomic E-state index is 12.3. The van der Waals surface area contributed by atoms with E-state index in [4.69, 9.17) is 0 Å². The second kappa shape index (κ2) is 5.66. The number of aromatic nitrogens is 4. The second-order valence-electron chi connectivity index (χ2n) is 6.02. The molecule has 0 spiro atoms. The molecule has 124 valence electrons. The highest BCUT2D eigenvalue weighted by Gasteiger charge is 2.12. The largest absolute Gasteiger partial charge is 0.357 e. The van der Waals surface area contributed by atoms with Gasteiger partial charge in [-0.1, -0.05) is 12.1 Å². The first-order valence-electron chi connectivity index (χ1n) is 8.02. The van der Waals surface area contributed by atoms with Crippen LogP contribution in [0.2, 0.25) is 0 Å². The number of hydrogen-bond donors (Lipinski definition) is 2. The molecule has 6 heteroatoms. The summed E-state index contributed by atoms with van der Waals surface area (Å²) in [5, 5.41) is 4.47. The summed E-state index contributed by atoms with van der Waals surface area (Å²) in [6.07, 6.45) is 1.80. The molecule has 4 rings (SSSR count). The predicted molar refractivity (Wildman–Crippen MR) is 99.9 cm³/mol. The minimum Gasteiger partial charge on any atom is -0.357 e. The Hall–Kier alpha value is -3.28. The summed E-state index contributed by atoms with van der Waals surface area (Å²) in [5.41, 5.74) is 4.49. The molecule has 0 saturated carbocycles. The van der Waals surface area contributed by atoms with Gasteiger partial charge in [-0.25, -0.2) is 15.0 Å². The van der Waals surface area contributed by atoms with Crippen LogP contribution in [-0.2, 0) is 0 Å². The number of rotatable bonds is 2. The Balaban J connectivity index is 2.02. The zero-order chi connectivity index (χ0) is 17.6. The highest BCUT2D eigenvalue weighted by molar-refractivity contribution is 5.97. The number of fused-ring (bicyclic) bond motifs is 2. The minimum atomic E-state index is -0.119. The lowest BCUT2D eigenvalue weighted by molar-refractivity contribution is 1.06. The van der Waals surface area contributed by atoms with Crippen molar-refractivity contribution in [2.75, 3.05) is 12.4 Å². The first kappa shape index (κ1) is 15.3. The van der Waals surface area contributed by atoms with E-state index in [1.165, 1.54) is 0 Å². The first-order valence-corrected chi connectivity index (χ1v) is 8.02. The van der Waals surface area contributed by atoms with Gasteiger partial charge in [0.25, 0.3) is 5.56 Å². The Bertz CT molecular complexity index is 1180. The van der Waals surface area contributed by atoms with Crippen molar-refractivity contribution in [3.63, 3.8) is 0 Å². The number of nitrogens with one attached hydrogen (secondary N) is 2. The van der Waals surface area contributed by atoms with Gasteiger partial charge in [-0.15, -0.1) is 0 Å². The van der Waals surface area contributed by atoms with Crippen molar-refractivity contribution < 1.29 is 0 Å². The molecule has 6 nitrogen and oxygen atoms in total. The van der Waals surface area contributed by atoms with Crippen LogP contribution in [0, 0.1) is 13.8 Å². The molecule has 25 heavy (non-hydrogen) atoms. The van der Waals surface area contributed by atoms with Gasteiger partial charge < -0.3 is 10.3 Å². The third-order valence-corrected chi connectivity index (χ3v) is 4.30. The monoisotopic (exact) mass is 331 g/mol. The predicted octanol–water partition coefficient (Wildman–Crippen LogP) is 3.19. The Morgan fingerprint density at radius 3 is 2.72 bits per heavy atom. The highest BCUT2D eigenvalue weighted by Crippen LogP contribution is 2.31. The summed E-state index contributed by atoms with van der Waals surface area (Å²) < 4.78 is 0. The normalized spacial score (nSPS) is 11.2. The maximum Gasteiger partial charge on any atom is 0.258 e. The van der Waals surface area contributed by atoms with E-state index in [9.17, 15) is 4.79 Å². The van der Waals surface area contributed by atoms with Crippen molar-refractivity contribution in [1.29, 1.82) is 0 Å². The minimum absolute atomic E-state index is 0.119. The van der Waals surface area contributed by atoms with Gasteiger partial charge in [0.15, 0.2) is 0 Å². The number of hydrogen-bond acceptors (Lipinski definition) is 5. The molecule has 0 amide bonds. The van der Waals surface area contributed by atoms with E-state index in [2.05, 4.69) is 25.3 Å². The van der Waals surface area contributed by atoms with Crippen LogP contribution >= 0.6 is 0 Å². The van der Waals surface area contributed by atoms with Crippen molar-refractivity contribution in [2.24, 2.45) is 0 Å². The first-order chi connectivity index (χ1) is 12.1. The average molecular weight is 331 g/mol. The molecule has 2 N–H and O–H groups in total. The van der Waals surface area contributed by atoms with Gasteiger partial charge in [0.2, 0.25) is 5.95 Å². The quantitative estimate of drug-likeness (QED) is 0.589. The average Bonchev–Trinajstić information content (AvgIpc) is 2.60. The van der Waals surface area contributed by atoms with E-state index in [1.54, 1.807) is 20.2 Å². The van der Waals surface area contributed by atoms with E-state index in [1.807, 2.05) is 37.3 Å². The number of nitrogens with zero attached hydrogens (tertiary/aromatic N) is 3. The summed E-state index contributed by atoms with van der Waals surface area (Å²) >= 11 is 0. The van der Waals surface area contributed by atoms with E-state index in [0.29, 0.717) is 22.7 Å². The van der Waals surface area contributed by atoms with E-state index in [-0.39, 0.29) is 5.56 Å². The van der Waals surface area contributed by atoms with Gasteiger partial charge in [0.05, 0.1) is 16.4 Å². The van der Waals surface area contributed by atoms with Crippen LogP contribution in [0.4, 0.5) is 5.95 Å². The zero-order valence-electron chi connectivity index (χ0n) is 14.2. The molecule has 0 saturated heterocycles. The van der Waals surface area contributed by atoms with Gasteiger partial charge in [0, 0.05) is 24.2 Å². The van der Waals surface area contributed by atoms with Crippen LogP contribution in [0.1, 0.15) is 11.4 Å². The van der Waals surface area contributed by atoms with E-state index >= 15 is 0 Å². The standard InChI is InChI=1S/C19H17N5O/c1-10-4-6-14-17(22-11(2)23-18(14)25)16(10)12-5-7-15-13(8-12)9-21-19(20-3)24-15/h4-9H,1-3H3,(H,20,21,24)(H,22,23,25). The lowest BCUT2D eigenvalue weighted by Crippen LogP contribution is -2.10. The summed E-state index contributed by atoms with van der Waals surface area (Å²) in [6, 6.07) is 9.78. The summed E-state index contributed by atoms with van der Waals surface area (Å²) in [7, 11) is 1.79. The lowest BCUT2D eigenvalue weighted by atomic mass is 9.96. The molecule has 0 atom stereocenters. The van der Waals surface area contributed by atoms with Crippen molar-refractivity contribution >= 4 is 27.8 Å². The molecule has 2 heterocycles. The molecule has 2 aromatic carbocycles. The highest BCUT2D eigenvalue weighted by atomic mass is 16.1. The molecule has 0 aliphatic rings. The molecule has 0 radical (unpaired) electrons. The number of aryl methyl sites for hydroxylation is 2. The smallest absolute Gasteiger partial charge is 0.258 e. The second-order valence-corrected chi connectivity index (χ2v) is 6.02. The summed E-state index contributed by atoms with van der Waals surface area (Å²) in [6.45, 7) is 3.82. The molecule has 0 unspecified atom stereocenters. The van der Waals surface area contributed by atoms with Crippen LogP contribution in [0.25, 0.3) is 32.9 Å². The van der Waals surface area contributed by atoms with Gasteiger partial charge in [-0.3, -0.25) is 4.79 Å². The SMILES string of the molecule is CNc1ncc2cc(-c3c(C)ccc4c(=O)[nH]c(C)nc34)ccc2n1. The third-order valence-electron chi connectivity index (χ3n) is 4.30. The molecule has 4 aromatic rings. The Labute approximate surface area is 144 Å². The molecular formula is C19H17N5O. The van der Waals surface area contributed by atoms with E-state index < -0.39 is 0 Å². The van der Waals surface area contributed by atoms with E-state index in [0.717, 1.165) is 27.6 Å². The summed E-state index contributed by atoms with van der Waals surface area (Å²) in [4.78, 5) is 28.3. The number of H-pyrrole nitrogens is 1. The Morgan fingerprint density at radius 1 is 1.08 bits per heavy atom. The van der Waals surface area contributed by atoms with Gasteiger partial charge in [-0.2, -0.15) is 0 Å². The molecule has 0 aliphatic carbocycles. The van der Waals surface area contributed by atoms with Crippen molar-refractivity contribution in [1.82, 2.24) is 19.9 Å². The number of anilines is 1. The van der Waals surface area contributed by atoms with Gasteiger partial charge in [-0.05, 0) is 43.2 Å². The maximum absolute atomic E-state index is 12.3. The van der Waals surface area contributed by atoms with Crippen molar-refractivity contribution in [2.45, 2.75) is 13.8 Å². The molecule has 0 bridgehead atoms. The van der Waals surface area contributed by atoms with Crippen molar-refractivity contribution in [3.05, 3.63) is 58.3 Å². The molecule has 0 fully saturated rings. The number of aromatic amines is 1. The zero-order valence-corrected chi connectivity index (χ0v) is 14.2. The lowest BCUT2D eigenvalue weighted by Gasteiger charge is -2.11. The molecule has 0 aliphatic heterocycles. The van der Waals surface area contributed by atoms with Crippen LogP contribution < -0.4 is 10.9 Å². The van der Waals surface area contributed by atoms with Crippen LogP contribution in [-0.4, -0.2) is 27.0 Å². The molecular weight excluding hydrogens is 314 g/mol. The Morgan fingerprint density at radius 2 is 1.92 bits per heavy atom. The summed E-state index contributed by atoms with van der Waals surface area (Å²) in [5.74, 6) is 1.19. The third kappa shape index (κ3) is 2.52. The van der Waals surface area contributed by atoms with Crippen LogP contribution in [0.15, 0.2) is 41.3 Å². The van der Waals surface area contributed by atoms with Crippen LogP contribution in [0.5, 0.6) is 0 Å². The van der Waals surface area contributed by atoms with Gasteiger partial charge >= 0.3 is 0 Å². The fourth-order valence-corrected chi connectivity index (χ4v) is 3.09. The molecule has 2 aromatic heterocycles. The fourth-order valence-electron chi connectivity index (χ4n) is 3.09. The van der Waals surface area contributed by atoms with Crippen LogP contribution in [0.3, 0.4) is 0 Å². The Kier molecular flexibility index (Phi) is 3.46. The topological polar surface area (TPSA) is 83.6 Å². The van der Waals surface area contributed by atoms with Gasteiger partial charge in [0.1, 0.15) is 5.82 Å². The number of benzene rings is 2. The van der Waals surface area contributed by atoms with Crippen molar-refractivity contribution in [3.8, 4) is 11.1 Å².